The maximum atomic E-state index is 12.3. The molecule has 0 saturated carbocycles. The largest absolute Gasteiger partial charge is 0.496 e. The number of benzene rings is 1. The van der Waals surface area contributed by atoms with Gasteiger partial charge in [0, 0.05) is 4.47 Å². The minimum Gasteiger partial charge on any atom is -0.496 e. The highest BCUT2D eigenvalue weighted by atomic mass is 79.9. The van der Waals surface area contributed by atoms with Crippen LogP contribution in [0.4, 0.5) is 0 Å². The van der Waals surface area contributed by atoms with Crippen molar-refractivity contribution in [2.75, 3.05) is 14.2 Å². The number of methoxy groups -OCH3 is 2. The normalized spacial score (nSPS) is 11.6. The van der Waals surface area contributed by atoms with Crippen molar-refractivity contribution >= 4 is 33.5 Å². The molecule has 0 spiro atoms. The van der Waals surface area contributed by atoms with Gasteiger partial charge in [-0.2, -0.15) is 0 Å². The number of rotatable bonds is 5. The summed E-state index contributed by atoms with van der Waals surface area (Å²) in [4.78, 5) is 35.2. The third-order valence-corrected chi connectivity index (χ3v) is 3.03. The number of hydrogen-bond acceptors (Lipinski definition) is 5. The average Bonchev–Trinajstić information content (AvgIpc) is 2.37. The van der Waals surface area contributed by atoms with Crippen LogP contribution in [0.15, 0.2) is 22.7 Å². The summed E-state index contributed by atoms with van der Waals surface area (Å²) in [6.45, 7) is 1.17. The summed E-state index contributed by atoms with van der Waals surface area (Å²) in [5.41, 5.74) is 0.163. The van der Waals surface area contributed by atoms with Gasteiger partial charge in [0.05, 0.1) is 19.8 Å². The minimum atomic E-state index is -1.46. The average molecular weight is 329 g/mol. The van der Waals surface area contributed by atoms with Gasteiger partial charge in [0.15, 0.2) is 17.5 Å². The van der Waals surface area contributed by atoms with Crippen molar-refractivity contribution in [2.45, 2.75) is 6.92 Å². The lowest BCUT2D eigenvalue weighted by molar-refractivity contribution is -0.146. The number of hydrogen-bond donors (Lipinski definition) is 0. The highest BCUT2D eigenvalue weighted by Gasteiger charge is 2.34. The van der Waals surface area contributed by atoms with E-state index in [-0.39, 0.29) is 11.3 Å². The lowest BCUT2D eigenvalue weighted by Crippen LogP contribution is -2.31. The Labute approximate surface area is 119 Å². The number of Topliss-reactive ketones (excluding diaryl/α,β-unsaturated/α-hetero) is 2. The number of ketones is 2. The van der Waals surface area contributed by atoms with E-state index in [1.165, 1.54) is 20.1 Å². The maximum Gasteiger partial charge on any atom is 0.324 e. The molecule has 102 valence electrons. The van der Waals surface area contributed by atoms with Gasteiger partial charge in [0.2, 0.25) is 0 Å². The van der Waals surface area contributed by atoms with E-state index < -0.39 is 23.5 Å². The van der Waals surface area contributed by atoms with Gasteiger partial charge in [-0.05, 0) is 25.1 Å². The quantitative estimate of drug-likeness (QED) is 0.470. The van der Waals surface area contributed by atoms with Crippen LogP contribution >= 0.6 is 15.9 Å². The third-order valence-electron chi connectivity index (χ3n) is 2.53. The van der Waals surface area contributed by atoms with Crippen LogP contribution in [0.5, 0.6) is 5.75 Å². The first kappa shape index (κ1) is 15.4. The molecule has 0 aliphatic carbocycles. The van der Waals surface area contributed by atoms with Crippen molar-refractivity contribution in [1.29, 1.82) is 0 Å². The van der Waals surface area contributed by atoms with Crippen molar-refractivity contribution in [3.8, 4) is 5.75 Å². The molecular formula is C13H13BrO5. The van der Waals surface area contributed by atoms with Gasteiger partial charge in [0.1, 0.15) is 5.75 Å². The summed E-state index contributed by atoms with van der Waals surface area (Å²) in [6.07, 6.45) is 0. The summed E-state index contributed by atoms with van der Waals surface area (Å²) in [7, 11) is 2.53. The molecule has 1 atom stereocenters. The van der Waals surface area contributed by atoms with Crippen LogP contribution in [0, 0.1) is 5.92 Å². The Bertz CT molecular complexity index is 524. The van der Waals surface area contributed by atoms with E-state index in [2.05, 4.69) is 20.7 Å². The Balaban J connectivity index is 3.24. The second-order valence-corrected chi connectivity index (χ2v) is 4.69. The predicted octanol–water partition coefficient (Wildman–Crippen LogP) is 2.02. The molecule has 0 N–H and O–H groups in total. The van der Waals surface area contributed by atoms with Crippen molar-refractivity contribution in [2.24, 2.45) is 5.92 Å². The molecule has 0 fully saturated rings. The van der Waals surface area contributed by atoms with Gasteiger partial charge in [-0.25, -0.2) is 0 Å². The van der Waals surface area contributed by atoms with E-state index in [9.17, 15) is 14.4 Å². The van der Waals surface area contributed by atoms with E-state index >= 15 is 0 Å². The molecular weight excluding hydrogens is 316 g/mol. The number of carbonyl (C=O) groups is 3. The molecule has 6 heteroatoms. The molecule has 1 rings (SSSR count). The molecule has 0 heterocycles. The van der Waals surface area contributed by atoms with Gasteiger partial charge in [-0.3, -0.25) is 14.4 Å². The molecule has 0 amide bonds. The number of esters is 1. The zero-order valence-corrected chi connectivity index (χ0v) is 12.3. The summed E-state index contributed by atoms with van der Waals surface area (Å²) >= 11 is 3.24. The topological polar surface area (TPSA) is 69.7 Å². The fraction of sp³-hybridized carbons (Fsp3) is 0.308. The van der Waals surface area contributed by atoms with Gasteiger partial charge >= 0.3 is 5.97 Å². The molecule has 1 aromatic rings. The zero-order chi connectivity index (χ0) is 14.6. The van der Waals surface area contributed by atoms with E-state index in [0.29, 0.717) is 0 Å². The third kappa shape index (κ3) is 3.41. The van der Waals surface area contributed by atoms with Gasteiger partial charge in [-0.15, -0.1) is 0 Å². The van der Waals surface area contributed by atoms with E-state index in [1.807, 2.05) is 0 Å². The SMILES string of the molecule is COC(=O)C(C(C)=O)C(=O)c1ccc(Br)cc1OC. The highest BCUT2D eigenvalue weighted by Crippen LogP contribution is 2.26. The maximum absolute atomic E-state index is 12.3. The molecule has 0 aliphatic heterocycles. The Kier molecular flexibility index (Phi) is 5.23. The van der Waals surface area contributed by atoms with Gasteiger partial charge in [-0.1, -0.05) is 15.9 Å². The van der Waals surface area contributed by atoms with Crippen molar-refractivity contribution in [3.05, 3.63) is 28.2 Å². The molecule has 0 aromatic heterocycles. The molecule has 0 radical (unpaired) electrons. The predicted molar refractivity (Wildman–Crippen MR) is 71.2 cm³/mol. The van der Waals surface area contributed by atoms with Gasteiger partial charge in [0.25, 0.3) is 0 Å². The molecule has 5 nitrogen and oxygen atoms in total. The minimum absolute atomic E-state index is 0.163. The van der Waals surface area contributed by atoms with Crippen LogP contribution in [0.25, 0.3) is 0 Å². The van der Waals surface area contributed by atoms with Crippen molar-refractivity contribution < 1.29 is 23.9 Å². The first-order chi connectivity index (χ1) is 8.92. The van der Waals surface area contributed by atoms with Crippen LogP contribution in [0.3, 0.4) is 0 Å². The molecule has 1 unspecified atom stereocenters. The standard InChI is InChI=1S/C13H13BrO5/c1-7(15)11(13(17)19-3)12(16)9-5-4-8(14)6-10(9)18-2/h4-6,11H,1-3H3. The van der Waals surface area contributed by atoms with Crippen molar-refractivity contribution in [3.63, 3.8) is 0 Å². The fourth-order valence-corrected chi connectivity index (χ4v) is 1.94. The summed E-state index contributed by atoms with van der Waals surface area (Å²) in [5.74, 6) is -3.25. The Morgan fingerprint density at radius 3 is 2.32 bits per heavy atom. The second-order valence-electron chi connectivity index (χ2n) is 3.78. The summed E-state index contributed by atoms with van der Waals surface area (Å²) < 4.78 is 10.3. The lowest BCUT2D eigenvalue weighted by atomic mass is 9.94. The van der Waals surface area contributed by atoms with Crippen LogP contribution in [0.2, 0.25) is 0 Å². The van der Waals surface area contributed by atoms with Crippen LogP contribution in [0.1, 0.15) is 17.3 Å². The smallest absolute Gasteiger partial charge is 0.324 e. The number of ether oxygens (including phenoxy) is 2. The first-order valence-corrected chi connectivity index (χ1v) is 6.17. The van der Waals surface area contributed by atoms with E-state index in [4.69, 9.17) is 4.74 Å². The Morgan fingerprint density at radius 1 is 1.21 bits per heavy atom. The Hall–Kier alpha value is -1.69. The molecule has 0 bridgehead atoms. The van der Waals surface area contributed by atoms with Crippen LogP contribution < -0.4 is 4.74 Å². The van der Waals surface area contributed by atoms with Crippen LogP contribution in [-0.4, -0.2) is 31.8 Å². The monoisotopic (exact) mass is 328 g/mol. The number of halogens is 1. The van der Waals surface area contributed by atoms with Crippen LogP contribution in [-0.2, 0) is 14.3 Å². The second kappa shape index (κ2) is 6.47. The van der Waals surface area contributed by atoms with E-state index in [1.54, 1.807) is 12.1 Å². The molecule has 1 aromatic carbocycles. The van der Waals surface area contributed by atoms with Gasteiger partial charge < -0.3 is 9.47 Å². The molecule has 0 saturated heterocycles. The molecule has 0 aliphatic rings. The lowest BCUT2D eigenvalue weighted by Gasteiger charge is -2.13. The van der Waals surface area contributed by atoms with E-state index in [0.717, 1.165) is 11.6 Å². The summed E-state index contributed by atoms with van der Waals surface area (Å²) in [6, 6.07) is 4.70. The number of carbonyl (C=O) groups excluding carboxylic acids is 3. The first-order valence-electron chi connectivity index (χ1n) is 5.38. The zero-order valence-electron chi connectivity index (χ0n) is 10.7. The summed E-state index contributed by atoms with van der Waals surface area (Å²) in [5, 5.41) is 0. The highest BCUT2D eigenvalue weighted by molar-refractivity contribution is 9.10. The van der Waals surface area contributed by atoms with Crippen molar-refractivity contribution in [1.82, 2.24) is 0 Å². The fourth-order valence-electron chi connectivity index (χ4n) is 1.60. The Morgan fingerprint density at radius 2 is 1.84 bits per heavy atom. The molecule has 19 heavy (non-hydrogen) atoms.